The third-order valence-corrected chi connectivity index (χ3v) is 4.24. The number of carboxylic acid groups (broad SMARTS) is 1. The van der Waals surface area contributed by atoms with Gasteiger partial charge in [0.25, 0.3) is 0 Å². The predicted molar refractivity (Wildman–Crippen MR) is 76.4 cm³/mol. The van der Waals surface area contributed by atoms with Gasteiger partial charge in [-0.3, -0.25) is 0 Å². The fraction of sp³-hybridized carbons (Fsp3) is 0.688. The quantitative estimate of drug-likeness (QED) is 0.441. The van der Waals surface area contributed by atoms with Crippen molar-refractivity contribution in [3.05, 3.63) is 24.8 Å². The van der Waals surface area contributed by atoms with E-state index >= 15 is 0 Å². The fourth-order valence-corrected chi connectivity index (χ4v) is 3.05. The minimum Gasteiger partial charge on any atom is -0.478 e. The summed E-state index contributed by atoms with van der Waals surface area (Å²) < 4.78 is 12.0. The summed E-state index contributed by atoms with van der Waals surface area (Å²) in [6.07, 6.45) is 9.74. The van der Waals surface area contributed by atoms with E-state index in [2.05, 4.69) is 13.2 Å². The van der Waals surface area contributed by atoms with Gasteiger partial charge in [-0.2, -0.15) is 0 Å². The van der Waals surface area contributed by atoms with E-state index in [0.29, 0.717) is 0 Å². The fourth-order valence-electron chi connectivity index (χ4n) is 3.05. The van der Waals surface area contributed by atoms with E-state index in [0.717, 1.165) is 51.4 Å². The molecule has 112 valence electrons. The third kappa shape index (κ3) is 3.30. The first-order valence-electron chi connectivity index (χ1n) is 7.49. The molecule has 0 bridgehead atoms. The van der Waals surface area contributed by atoms with Gasteiger partial charge in [-0.05, 0) is 31.8 Å². The van der Waals surface area contributed by atoms with Crippen LogP contribution in [-0.4, -0.2) is 29.1 Å². The van der Waals surface area contributed by atoms with Crippen LogP contribution in [0.15, 0.2) is 24.8 Å². The summed E-state index contributed by atoms with van der Waals surface area (Å²) in [5.74, 6) is -2.48. The van der Waals surface area contributed by atoms with Crippen molar-refractivity contribution in [2.75, 3.05) is 0 Å². The van der Waals surface area contributed by atoms with Gasteiger partial charge in [0.15, 0.2) is 0 Å². The zero-order valence-electron chi connectivity index (χ0n) is 12.0. The zero-order chi connectivity index (χ0) is 14.6. The lowest BCUT2D eigenvalue weighted by atomic mass is 10.1. The molecule has 0 aliphatic heterocycles. The second-order valence-corrected chi connectivity index (χ2v) is 5.70. The van der Waals surface area contributed by atoms with Crippen LogP contribution < -0.4 is 0 Å². The van der Waals surface area contributed by atoms with E-state index in [4.69, 9.17) is 9.47 Å². The Morgan fingerprint density at radius 2 is 1.45 bits per heavy atom. The number of hydrogen-bond acceptors (Lipinski definition) is 3. The second kappa shape index (κ2) is 6.55. The smallest absolute Gasteiger partial charge is 0.336 e. The number of aliphatic carboxylic acids is 1. The van der Waals surface area contributed by atoms with Crippen molar-refractivity contribution in [1.82, 2.24) is 0 Å². The zero-order valence-corrected chi connectivity index (χ0v) is 12.0. The Hall–Kier alpha value is -1.13. The Kier molecular flexibility index (Phi) is 5.00. The molecule has 2 fully saturated rings. The summed E-state index contributed by atoms with van der Waals surface area (Å²) in [5, 5.41) is 9.29. The van der Waals surface area contributed by atoms with E-state index in [1.54, 1.807) is 0 Å². The molecule has 0 radical (unpaired) electrons. The summed E-state index contributed by atoms with van der Waals surface area (Å²) >= 11 is 0. The Balaban J connectivity index is 2.16. The van der Waals surface area contributed by atoms with E-state index in [1.807, 2.05) is 0 Å². The normalized spacial score (nSPS) is 21.2. The first-order valence-corrected chi connectivity index (χ1v) is 7.49. The molecule has 2 aliphatic carbocycles. The van der Waals surface area contributed by atoms with Crippen LogP contribution in [0.4, 0.5) is 0 Å². The summed E-state index contributed by atoms with van der Waals surface area (Å²) in [7, 11) is 0. The largest absolute Gasteiger partial charge is 0.478 e. The van der Waals surface area contributed by atoms with Crippen LogP contribution in [0, 0.1) is 0 Å². The van der Waals surface area contributed by atoms with Crippen LogP contribution >= 0.6 is 0 Å². The molecule has 2 saturated carbocycles. The summed E-state index contributed by atoms with van der Waals surface area (Å²) in [6.45, 7) is 7.41. The Labute approximate surface area is 120 Å². The molecule has 0 aromatic carbocycles. The van der Waals surface area contributed by atoms with Gasteiger partial charge >= 0.3 is 5.97 Å². The first kappa shape index (κ1) is 15.3. The maximum absolute atomic E-state index is 11.3. The topological polar surface area (TPSA) is 55.8 Å². The Morgan fingerprint density at radius 3 is 1.75 bits per heavy atom. The van der Waals surface area contributed by atoms with Crippen LogP contribution in [0.3, 0.4) is 0 Å². The van der Waals surface area contributed by atoms with Crippen LogP contribution in [-0.2, 0) is 14.3 Å². The highest BCUT2D eigenvalue weighted by atomic mass is 16.7. The molecular weight excluding hydrogens is 256 g/mol. The second-order valence-electron chi connectivity index (χ2n) is 5.70. The van der Waals surface area contributed by atoms with Crippen LogP contribution in [0.2, 0.25) is 0 Å². The molecule has 0 saturated heterocycles. The number of rotatable bonds is 7. The number of hydrogen-bond donors (Lipinski definition) is 1. The highest BCUT2D eigenvalue weighted by molar-refractivity contribution is 5.88. The monoisotopic (exact) mass is 280 g/mol. The van der Waals surface area contributed by atoms with Crippen molar-refractivity contribution in [2.45, 2.75) is 69.4 Å². The molecule has 0 unspecified atom stereocenters. The standard InChI is InChI=1S/C16H24O4/c1-3-16(12(2)15(17)18,19-13-8-4-5-9-13)20-14-10-6-7-11-14/h3,13-14H,1-2,4-11H2,(H,17,18). The van der Waals surface area contributed by atoms with Crippen molar-refractivity contribution in [3.8, 4) is 0 Å². The summed E-state index contributed by atoms with van der Waals surface area (Å²) in [4.78, 5) is 11.3. The highest BCUT2D eigenvalue weighted by Crippen LogP contribution is 2.35. The maximum Gasteiger partial charge on any atom is 0.336 e. The van der Waals surface area contributed by atoms with Crippen LogP contribution in [0.1, 0.15) is 51.4 Å². The average molecular weight is 280 g/mol. The van der Waals surface area contributed by atoms with Crippen molar-refractivity contribution in [2.24, 2.45) is 0 Å². The molecule has 0 aromatic rings. The number of carboxylic acids is 1. The van der Waals surface area contributed by atoms with E-state index in [1.165, 1.54) is 6.08 Å². The molecular formula is C16H24O4. The van der Waals surface area contributed by atoms with Gasteiger partial charge in [0.2, 0.25) is 5.79 Å². The highest BCUT2D eigenvalue weighted by Gasteiger charge is 2.42. The molecule has 0 amide bonds. The minimum absolute atomic E-state index is 0.0329. The Morgan fingerprint density at radius 1 is 1.05 bits per heavy atom. The van der Waals surface area contributed by atoms with Gasteiger partial charge in [-0.15, -0.1) is 0 Å². The summed E-state index contributed by atoms with van der Waals surface area (Å²) in [6, 6.07) is 0. The van der Waals surface area contributed by atoms with Gasteiger partial charge in [0.05, 0.1) is 17.8 Å². The lowest BCUT2D eigenvalue weighted by Crippen LogP contribution is -2.43. The van der Waals surface area contributed by atoms with Crippen molar-refractivity contribution in [1.29, 1.82) is 0 Å². The SMILES string of the molecule is C=CC(OC1CCCC1)(OC1CCCC1)C(=C)C(=O)O. The van der Waals surface area contributed by atoms with Crippen molar-refractivity contribution >= 4 is 5.97 Å². The van der Waals surface area contributed by atoms with Crippen molar-refractivity contribution in [3.63, 3.8) is 0 Å². The average Bonchev–Trinajstić information content (AvgIpc) is 3.10. The summed E-state index contributed by atoms with van der Waals surface area (Å²) in [5.41, 5.74) is -0.0775. The molecule has 20 heavy (non-hydrogen) atoms. The molecule has 4 heteroatoms. The van der Waals surface area contributed by atoms with Gasteiger partial charge in [0, 0.05) is 0 Å². The molecule has 2 rings (SSSR count). The Bertz CT molecular complexity index is 358. The predicted octanol–water partition coefficient (Wildman–Crippen LogP) is 3.43. The lowest BCUT2D eigenvalue weighted by molar-refractivity contribution is -0.226. The van der Waals surface area contributed by atoms with Gasteiger partial charge in [-0.25, -0.2) is 4.79 Å². The molecule has 0 atom stereocenters. The van der Waals surface area contributed by atoms with Crippen LogP contribution in [0.5, 0.6) is 0 Å². The van der Waals surface area contributed by atoms with Gasteiger partial charge in [-0.1, -0.05) is 38.8 Å². The molecule has 0 aromatic heterocycles. The van der Waals surface area contributed by atoms with Gasteiger partial charge in [0.1, 0.15) is 0 Å². The van der Waals surface area contributed by atoms with Gasteiger partial charge < -0.3 is 14.6 Å². The van der Waals surface area contributed by atoms with E-state index in [9.17, 15) is 9.90 Å². The van der Waals surface area contributed by atoms with E-state index < -0.39 is 11.8 Å². The lowest BCUT2D eigenvalue weighted by Gasteiger charge is -2.35. The molecule has 4 nitrogen and oxygen atoms in total. The molecule has 0 heterocycles. The molecule has 1 N–H and O–H groups in total. The molecule has 2 aliphatic rings. The minimum atomic E-state index is -1.38. The van der Waals surface area contributed by atoms with E-state index in [-0.39, 0.29) is 17.8 Å². The number of carbonyl (C=O) groups is 1. The van der Waals surface area contributed by atoms with Crippen LogP contribution in [0.25, 0.3) is 0 Å². The molecule has 0 spiro atoms. The van der Waals surface area contributed by atoms with Crippen molar-refractivity contribution < 1.29 is 19.4 Å². The first-order chi connectivity index (χ1) is 9.57. The number of ether oxygens (including phenoxy) is 2. The maximum atomic E-state index is 11.3. The third-order valence-electron chi connectivity index (χ3n) is 4.24.